The number of alkyl halides is 1. The summed E-state index contributed by atoms with van der Waals surface area (Å²) in [4.78, 5) is 98.4. The second kappa shape index (κ2) is 21.2. The van der Waals surface area contributed by atoms with Gasteiger partial charge in [-0.2, -0.15) is 5.10 Å². The highest BCUT2D eigenvalue weighted by Gasteiger charge is 2.36. The van der Waals surface area contributed by atoms with E-state index in [0.29, 0.717) is 70.1 Å². The summed E-state index contributed by atoms with van der Waals surface area (Å²) >= 11 is 3.68. The number of benzene rings is 4. The topological polar surface area (TPSA) is 215 Å². The molecule has 7 amide bonds. The molecule has 0 radical (unpaired) electrons. The molecule has 19 heteroatoms. The molecule has 1 fully saturated rings. The van der Waals surface area contributed by atoms with Crippen LogP contribution < -0.4 is 25.7 Å². The van der Waals surface area contributed by atoms with Crippen LogP contribution in [0.2, 0.25) is 0 Å². The molecule has 4 N–H and O–H groups in total. The summed E-state index contributed by atoms with van der Waals surface area (Å²) in [5, 5.41) is 12.8. The van der Waals surface area contributed by atoms with E-state index in [1.165, 1.54) is 0 Å². The molecule has 352 valence electrons. The molecule has 0 bridgehead atoms. The number of piperazine rings is 1. The van der Waals surface area contributed by atoms with Gasteiger partial charge in [-0.1, -0.05) is 52.3 Å². The summed E-state index contributed by atoms with van der Waals surface area (Å²) in [6, 6.07) is 23.5. The number of hydrogen-bond donors (Lipinski definition) is 4. The number of aromatic amines is 1. The van der Waals surface area contributed by atoms with Gasteiger partial charge < -0.3 is 39.8 Å². The Labute approximate surface area is 399 Å². The summed E-state index contributed by atoms with van der Waals surface area (Å²) in [5.74, 6) is -1.77. The van der Waals surface area contributed by atoms with Crippen molar-refractivity contribution in [1.29, 1.82) is 0 Å². The van der Waals surface area contributed by atoms with Crippen molar-refractivity contribution in [1.82, 2.24) is 30.4 Å². The number of H-pyrrole nitrogens is 1. The number of carbonyl (C=O) groups excluding carboxylic acids is 7. The number of nitrogens with zero attached hydrogens (tertiary/aromatic N) is 5. The van der Waals surface area contributed by atoms with Crippen molar-refractivity contribution in [3.05, 3.63) is 113 Å². The average Bonchev–Trinajstić information content (AvgIpc) is 4.05. The second-order valence-electron chi connectivity index (χ2n) is 16.7. The van der Waals surface area contributed by atoms with Crippen molar-refractivity contribution in [3.8, 4) is 5.75 Å². The molecule has 3 aliphatic heterocycles. The van der Waals surface area contributed by atoms with Gasteiger partial charge in [-0.05, 0) is 66.9 Å². The maximum absolute atomic E-state index is 14.4. The van der Waals surface area contributed by atoms with E-state index in [0.717, 1.165) is 51.9 Å². The normalized spacial score (nSPS) is 16.1. The fourth-order valence-corrected chi connectivity index (χ4v) is 8.78. The van der Waals surface area contributed by atoms with E-state index in [1.807, 2.05) is 37.4 Å². The first-order valence-electron chi connectivity index (χ1n) is 22.2. The van der Waals surface area contributed by atoms with Crippen LogP contribution in [0.3, 0.4) is 0 Å². The fraction of sp³-hybridized carbons (Fsp3) is 0.306. The van der Waals surface area contributed by atoms with Crippen molar-refractivity contribution >= 4 is 96.2 Å². The first-order valence-corrected chi connectivity index (χ1v) is 23.3. The molecule has 0 unspecified atom stereocenters. The zero-order valence-electron chi connectivity index (χ0n) is 37.5. The molecule has 4 heterocycles. The van der Waals surface area contributed by atoms with Gasteiger partial charge in [0.1, 0.15) is 11.4 Å². The number of rotatable bonds is 16. The first-order chi connectivity index (χ1) is 32.9. The maximum atomic E-state index is 14.4. The van der Waals surface area contributed by atoms with Crippen LogP contribution in [0.25, 0.3) is 21.7 Å². The molecule has 4 aromatic carbocycles. The van der Waals surface area contributed by atoms with E-state index in [4.69, 9.17) is 9.47 Å². The van der Waals surface area contributed by atoms with E-state index in [2.05, 4.69) is 47.0 Å². The highest BCUT2D eigenvalue weighted by molar-refractivity contribution is 9.09. The largest absolute Gasteiger partial charge is 0.415 e. The number of nitrogens with one attached hydrogen (secondary N) is 4. The second-order valence-corrected chi connectivity index (χ2v) is 17.3. The van der Waals surface area contributed by atoms with E-state index in [1.54, 1.807) is 65.3 Å². The van der Waals surface area contributed by atoms with Gasteiger partial charge in [-0.25, -0.2) is 10.2 Å². The van der Waals surface area contributed by atoms with Gasteiger partial charge in [0.25, 0.3) is 23.6 Å². The van der Waals surface area contributed by atoms with E-state index in [-0.39, 0.29) is 68.7 Å². The molecule has 0 spiro atoms. The summed E-state index contributed by atoms with van der Waals surface area (Å²) in [6.45, 7) is 5.27. The molecule has 3 aliphatic rings. The number of amides is 7. The third kappa shape index (κ3) is 10.8. The van der Waals surface area contributed by atoms with Crippen LogP contribution in [0.15, 0.2) is 96.1 Å². The minimum atomic E-state index is -0.442. The van der Waals surface area contributed by atoms with Gasteiger partial charge in [0.15, 0.2) is 0 Å². The van der Waals surface area contributed by atoms with E-state index < -0.39 is 17.9 Å². The minimum absolute atomic E-state index is 0.00181. The number of ether oxygens (including phenoxy) is 2. The lowest BCUT2D eigenvalue weighted by Crippen LogP contribution is -2.48. The first kappa shape index (κ1) is 47.3. The number of hydrazone groups is 1. The Morgan fingerprint density at radius 3 is 2.29 bits per heavy atom. The Morgan fingerprint density at radius 2 is 1.56 bits per heavy atom. The van der Waals surface area contributed by atoms with Crippen LogP contribution in [-0.2, 0) is 23.9 Å². The van der Waals surface area contributed by atoms with Gasteiger partial charge in [0.2, 0.25) is 11.8 Å². The Balaban J connectivity index is 0.833. The number of imide groups is 1. The maximum Gasteiger partial charge on any atom is 0.415 e. The van der Waals surface area contributed by atoms with Gasteiger partial charge in [-0.15, -0.1) is 0 Å². The number of carbonyl (C=O) groups is 7. The number of halogens is 1. The number of aromatic nitrogens is 1. The van der Waals surface area contributed by atoms with Crippen LogP contribution in [0, 0.1) is 0 Å². The van der Waals surface area contributed by atoms with Crippen molar-refractivity contribution in [2.75, 3.05) is 81.6 Å². The highest BCUT2D eigenvalue weighted by atomic mass is 79.9. The third-order valence-electron chi connectivity index (χ3n) is 12.0. The van der Waals surface area contributed by atoms with Crippen LogP contribution >= 0.6 is 15.9 Å². The molecule has 8 rings (SSSR count). The zero-order valence-corrected chi connectivity index (χ0v) is 39.1. The van der Waals surface area contributed by atoms with Gasteiger partial charge in [0.05, 0.1) is 31.0 Å². The van der Waals surface area contributed by atoms with E-state index >= 15 is 0 Å². The monoisotopic (exact) mass is 987 g/mol. The predicted molar refractivity (Wildman–Crippen MR) is 259 cm³/mol. The third-order valence-corrected chi connectivity index (χ3v) is 12.8. The van der Waals surface area contributed by atoms with Crippen LogP contribution in [0.4, 0.5) is 16.2 Å². The van der Waals surface area contributed by atoms with Gasteiger partial charge in [0, 0.05) is 109 Å². The Bertz CT molecular complexity index is 2840. The SMILES string of the molecule is C/C(=N/NC(=O)CCOCCNC(=O)CCN1C(=O)C=CC1=O)c1ccc(C(=O)Nc2ccc3[nH]c(C(=O)N4C[C@@H](CBr)c5c4cc(OC(=O)N4CCN(C)CC4)c4ccccc54)cc3c2)cc1. The number of likely N-dealkylation sites (N-methyl/N-ethyl adjacent to an activating group) is 1. The number of fused-ring (bicyclic) bond motifs is 4. The molecular formula is C49H50BrN9O9. The molecule has 1 saturated heterocycles. The van der Waals surface area contributed by atoms with Crippen molar-refractivity contribution in [2.24, 2.45) is 5.10 Å². The lowest BCUT2D eigenvalue weighted by molar-refractivity contribution is -0.137. The van der Waals surface area contributed by atoms with Gasteiger partial charge in [-0.3, -0.25) is 33.7 Å². The average molecular weight is 989 g/mol. The Kier molecular flexibility index (Phi) is 14.7. The molecule has 5 aromatic rings. The summed E-state index contributed by atoms with van der Waals surface area (Å²) in [7, 11) is 2.02. The molecule has 0 aliphatic carbocycles. The predicted octanol–water partition coefficient (Wildman–Crippen LogP) is 5.14. The highest BCUT2D eigenvalue weighted by Crippen LogP contribution is 2.46. The molecule has 1 aromatic heterocycles. The number of anilines is 2. The van der Waals surface area contributed by atoms with Crippen molar-refractivity contribution in [3.63, 3.8) is 0 Å². The Morgan fingerprint density at radius 1 is 0.838 bits per heavy atom. The van der Waals surface area contributed by atoms with Crippen molar-refractivity contribution in [2.45, 2.75) is 25.7 Å². The molecule has 68 heavy (non-hydrogen) atoms. The molecule has 0 saturated carbocycles. The lowest BCUT2D eigenvalue weighted by Gasteiger charge is -2.31. The molecule has 18 nitrogen and oxygen atoms in total. The molecule has 1 atom stereocenters. The van der Waals surface area contributed by atoms with Crippen LogP contribution in [0.1, 0.15) is 57.7 Å². The summed E-state index contributed by atoms with van der Waals surface area (Å²) in [6.07, 6.45) is 1.92. The fourth-order valence-electron chi connectivity index (χ4n) is 8.25. The minimum Gasteiger partial charge on any atom is -0.409 e. The summed E-state index contributed by atoms with van der Waals surface area (Å²) < 4.78 is 11.5. The standard InChI is InChI=1S/C49H50BrN9O9/c1-30(54-55-43(61)16-23-67-24-17-51-42(60)15-18-58-44(62)13-14-45(58)63)31-7-9-32(10-8-31)47(64)52-35-11-12-38-33(25-35)26-39(53-38)48(65)59-29-34(28-50)46-37-6-4-3-5-36(37)41(27-40(46)59)68-49(66)57-21-19-56(2)20-22-57/h3-14,25-27,34,53H,15-24,28-29H2,1-2H3,(H,51,60)(H,52,64)(H,55,61)/b54-30-/t34-/m1/s1. The van der Waals surface area contributed by atoms with Crippen LogP contribution in [0.5, 0.6) is 5.75 Å². The van der Waals surface area contributed by atoms with E-state index in [9.17, 15) is 33.6 Å². The quantitative estimate of drug-likeness (QED) is 0.0336. The zero-order chi connectivity index (χ0) is 47.9. The summed E-state index contributed by atoms with van der Waals surface area (Å²) in [5.41, 5.74) is 7.41. The Hall–Kier alpha value is -7.22. The number of hydrogen-bond acceptors (Lipinski definition) is 11. The van der Waals surface area contributed by atoms with Gasteiger partial charge >= 0.3 is 6.09 Å². The smallest absolute Gasteiger partial charge is 0.409 e. The molecular weight excluding hydrogens is 938 g/mol. The van der Waals surface area contributed by atoms with Crippen molar-refractivity contribution < 1.29 is 43.0 Å². The van der Waals surface area contributed by atoms with Crippen LogP contribution in [-0.4, -0.2) is 138 Å². The lowest BCUT2D eigenvalue weighted by atomic mass is 9.95.